The van der Waals surface area contributed by atoms with Crippen LogP contribution in [-0.4, -0.2) is 35.8 Å². The molecule has 1 saturated heterocycles. The molecular formula is C20H25N3O3. The van der Waals surface area contributed by atoms with Gasteiger partial charge in [-0.2, -0.15) is 0 Å². The van der Waals surface area contributed by atoms with E-state index in [9.17, 15) is 9.59 Å². The second-order valence-electron chi connectivity index (χ2n) is 6.87. The lowest BCUT2D eigenvalue weighted by atomic mass is 10.0. The van der Waals surface area contributed by atoms with Crippen LogP contribution in [0.1, 0.15) is 40.3 Å². The number of furan rings is 1. The summed E-state index contributed by atoms with van der Waals surface area (Å²) in [6.07, 6.45) is 1.90. The van der Waals surface area contributed by atoms with E-state index in [-0.39, 0.29) is 17.9 Å². The Morgan fingerprint density at radius 1 is 1.19 bits per heavy atom. The molecular weight excluding hydrogens is 330 g/mol. The number of hydrogen-bond donors (Lipinski definition) is 2. The van der Waals surface area contributed by atoms with E-state index in [1.807, 2.05) is 36.1 Å². The normalized spacial score (nSPS) is 15.1. The van der Waals surface area contributed by atoms with Crippen LogP contribution in [0.3, 0.4) is 0 Å². The highest BCUT2D eigenvalue weighted by atomic mass is 16.3. The zero-order valence-corrected chi connectivity index (χ0v) is 15.2. The highest BCUT2D eigenvalue weighted by Crippen LogP contribution is 2.17. The van der Waals surface area contributed by atoms with Crippen LogP contribution in [0, 0.1) is 13.8 Å². The van der Waals surface area contributed by atoms with Crippen LogP contribution in [0.25, 0.3) is 0 Å². The molecule has 0 radical (unpaired) electrons. The third-order valence-corrected chi connectivity index (χ3v) is 4.80. The first-order valence-electron chi connectivity index (χ1n) is 8.92. The molecule has 1 fully saturated rings. The first-order chi connectivity index (χ1) is 12.4. The summed E-state index contributed by atoms with van der Waals surface area (Å²) >= 11 is 0. The fourth-order valence-electron chi connectivity index (χ4n) is 3.31. The molecule has 3 N–H and O–H groups in total. The summed E-state index contributed by atoms with van der Waals surface area (Å²) in [5.74, 6) is 1.37. The molecule has 2 aromatic rings. The third kappa shape index (κ3) is 4.25. The first kappa shape index (κ1) is 18.0. The molecule has 0 unspecified atom stereocenters. The molecule has 0 saturated carbocycles. The van der Waals surface area contributed by atoms with E-state index < -0.39 is 0 Å². The Labute approximate surface area is 153 Å². The van der Waals surface area contributed by atoms with Crippen molar-refractivity contribution in [3.8, 4) is 0 Å². The van der Waals surface area contributed by atoms with Gasteiger partial charge in [0.05, 0.1) is 12.0 Å². The SMILES string of the molecule is Cc1cc(C(=O)NC2CCN(C(=O)Cc3ccc(N)cc3)CC2)c(C)o1. The maximum absolute atomic E-state index is 12.4. The van der Waals surface area contributed by atoms with Gasteiger partial charge in [-0.15, -0.1) is 0 Å². The number of carbonyl (C=O) groups excluding carboxylic acids is 2. The second kappa shape index (κ2) is 7.64. The van der Waals surface area contributed by atoms with Crippen molar-refractivity contribution < 1.29 is 14.0 Å². The molecule has 0 spiro atoms. The Kier molecular flexibility index (Phi) is 5.30. The number of nitrogen functional groups attached to an aromatic ring is 1. The Hall–Kier alpha value is -2.76. The van der Waals surface area contributed by atoms with Crippen molar-refractivity contribution in [1.29, 1.82) is 0 Å². The Morgan fingerprint density at radius 3 is 2.42 bits per heavy atom. The molecule has 3 rings (SSSR count). The molecule has 2 amide bonds. The Morgan fingerprint density at radius 2 is 1.85 bits per heavy atom. The van der Waals surface area contributed by atoms with Crippen LogP contribution >= 0.6 is 0 Å². The van der Waals surface area contributed by atoms with E-state index in [1.165, 1.54) is 0 Å². The third-order valence-electron chi connectivity index (χ3n) is 4.80. The number of nitrogens with one attached hydrogen (secondary N) is 1. The molecule has 0 aliphatic carbocycles. The first-order valence-corrected chi connectivity index (χ1v) is 8.92. The number of amides is 2. The molecule has 1 aromatic heterocycles. The second-order valence-corrected chi connectivity index (χ2v) is 6.87. The van der Waals surface area contributed by atoms with Gasteiger partial charge >= 0.3 is 0 Å². The molecule has 2 heterocycles. The van der Waals surface area contributed by atoms with Crippen molar-refractivity contribution in [3.63, 3.8) is 0 Å². The molecule has 1 aliphatic heterocycles. The van der Waals surface area contributed by atoms with E-state index in [0.717, 1.165) is 24.2 Å². The van der Waals surface area contributed by atoms with Gasteiger partial charge in [0.1, 0.15) is 11.5 Å². The van der Waals surface area contributed by atoms with Gasteiger partial charge in [-0.25, -0.2) is 0 Å². The largest absolute Gasteiger partial charge is 0.466 e. The van der Waals surface area contributed by atoms with Crippen LogP contribution in [0.5, 0.6) is 0 Å². The minimum Gasteiger partial charge on any atom is -0.466 e. The van der Waals surface area contributed by atoms with Crippen molar-refractivity contribution in [2.75, 3.05) is 18.8 Å². The smallest absolute Gasteiger partial charge is 0.255 e. The predicted octanol–water partition coefficient (Wildman–Crippen LogP) is 2.44. The highest BCUT2D eigenvalue weighted by Gasteiger charge is 2.25. The lowest BCUT2D eigenvalue weighted by Crippen LogP contribution is -2.47. The number of nitrogens with zero attached hydrogens (tertiary/aromatic N) is 1. The van der Waals surface area contributed by atoms with E-state index in [1.54, 1.807) is 13.0 Å². The molecule has 26 heavy (non-hydrogen) atoms. The van der Waals surface area contributed by atoms with Crippen LogP contribution in [0.15, 0.2) is 34.7 Å². The van der Waals surface area contributed by atoms with Gasteiger partial charge < -0.3 is 20.4 Å². The number of nitrogens with two attached hydrogens (primary N) is 1. The van der Waals surface area contributed by atoms with Crippen molar-refractivity contribution in [2.45, 2.75) is 39.2 Å². The van der Waals surface area contributed by atoms with Crippen LogP contribution in [0.4, 0.5) is 5.69 Å². The van der Waals surface area contributed by atoms with Crippen LogP contribution in [0.2, 0.25) is 0 Å². The molecule has 0 atom stereocenters. The van der Waals surface area contributed by atoms with Crippen molar-refractivity contribution in [3.05, 3.63) is 53.0 Å². The lowest BCUT2D eigenvalue weighted by Gasteiger charge is -2.32. The number of anilines is 1. The summed E-state index contributed by atoms with van der Waals surface area (Å²) in [6.45, 7) is 4.93. The highest BCUT2D eigenvalue weighted by molar-refractivity contribution is 5.95. The summed E-state index contributed by atoms with van der Waals surface area (Å²) in [4.78, 5) is 26.7. The standard InChI is InChI=1S/C20H25N3O3/c1-13-11-18(14(2)26-13)20(25)22-17-7-9-23(10-8-17)19(24)12-15-3-5-16(21)6-4-15/h3-6,11,17H,7-10,12,21H2,1-2H3,(H,22,25). The molecule has 6 nitrogen and oxygen atoms in total. The molecule has 0 bridgehead atoms. The minimum absolute atomic E-state index is 0.0812. The van der Waals surface area contributed by atoms with Gasteiger partial charge in [-0.1, -0.05) is 12.1 Å². The van der Waals surface area contributed by atoms with Crippen molar-refractivity contribution in [2.24, 2.45) is 0 Å². The van der Waals surface area contributed by atoms with Gasteiger partial charge in [0.15, 0.2) is 0 Å². The van der Waals surface area contributed by atoms with Gasteiger partial charge in [0, 0.05) is 24.8 Å². The fourth-order valence-corrected chi connectivity index (χ4v) is 3.31. The maximum atomic E-state index is 12.4. The quantitative estimate of drug-likeness (QED) is 0.825. The average molecular weight is 355 g/mol. The number of piperidine rings is 1. The lowest BCUT2D eigenvalue weighted by molar-refractivity contribution is -0.131. The summed E-state index contributed by atoms with van der Waals surface area (Å²) in [5.41, 5.74) is 7.92. The summed E-state index contributed by atoms with van der Waals surface area (Å²) < 4.78 is 5.42. The number of aryl methyl sites for hydroxylation is 2. The number of carbonyl (C=O) groups is 2. The van der Waals surface area contributed by atoms with Crippen LogP contribution < -0.4 is 11.1 Å². The predicted molar refractivity (Wildman–Crippen MR) is 99.8 cm³/mol. The number of hydrogen-bond acceptors (Lipinski definition) is 4. The molecule has 138 valence electrons. The van der Waals surface area contributed by atoms with Gasteiger partial charge in [0.2, 0.25) is 5.91 Å². The van der Waals surface area contributed by atoms with E-state index in [2.05, 4.69) is 5.32 Å². The summed E-state index contributed by atoms with van der Waals surface area (Å²) in [6, 6.07) is 9.23. The monoisotopic (exact) mass is 355 g/mol. The summed E-state index contributed by atoms with van der Waals surface area (Å²) in [5, 5.41) is 3.05. The maximum Gasteiger partial charge on any atom is 0.255 e. The summed E-state index contributed by atoms with van der Waals surface area (Å²) in [7, 11) is 0. The zero-order chi connectivity index (χ0) is 18.7. The van der Waals surface area contributed by atoms with Gasteiger partial charge in [0.25, 0.3) is 5.91 Å². The van der Waals surface area contributed by atoms with Crippen molar-refractivity contribution in [1.82, 2.24) is 10.2 Å². The fraction of sp³-hybridized carbons (Fsp3) is 0.400. The number of likely N-dealkylation sites (tertiary alicyclic amines) is 1. The van der Waals surface area contributed by atoms with Gasteiger partial charge in [-0.05, 0) is 50.5 Å². The number of benzene rings is 1. The van der Waals surface area contributed by atoms with Crippen molar-refractivity contribution >= 4 is 17.5 Å². The Bertz CT molecular complexity index is 787. The molecule has 6 heteroatoms. The van der Waals surface area contributed by atoms with E-state index in [0.29, 0.717) is 36.5 Å². The van der Waals surface area contributed by atoms with E-state index in [4.69, 9.17) is 10.2 Å². The topological polar surface area (TPSA) is 88.6 Å². The number of rotatable bonds is 4. The Balaban J connectivity index is 1.49. The molecule has 1 aliphatic rings. The van der Waals surface area contributed by atoms with E-state index >= 15 is 0 Å². The molecule has 1 aromatic carbocycles. The van der Waals surface area contributed by atoms with Gasteiger partial charge in [-0.3, -0.25) is 9.59 Å². The minimum atomic E-state index is -0.106. The zero-order valence-electron chi connectivity index (χ0n) is 15.2. The van der Waals surface area contributed by atoms with Crippen LogP contribution in [-0.2, 0) is 11.2 Å². The average Bonchev–Trinajstić information content (AvgIpc) is 2.96.